The van der Waals surface area contributed by atoms with Crippen LogP contribution in [0.5, 0.6) is 0 Å². The van der Waals surface area contributed by atoms with E-state index < -0.39 is 6.43 Å². The van der Waals surface area contributed by atoms with E-state index in [1.165, 1.54) is 0 Å². The molecule has 0 saturated heterocycles. The van der Waals surface area contributed by atoms with Crippen molar-refractivity contribution in [3.8, 4) is 0 Å². The minimum Gasteiger partial charge on any atom is -0.210 e. The Morgan fingerprint density at radius 1 is 1.50 bits per heavy atom. The first-order chi connectivity index (χ1) is 3.64. The third-order valence-corrected chi connectivity index (χ3v) is 1.95. The molecule has 2 unspecified atom stereocenters. The molecule has 0 nitrogen and oxygen atoms in total. The Kier molecular flexibility index (Phi) is 1.25. The number of halogens is 2. The molecule has 0 bridgehead atoms. The molecule has 1 fully saturated rings. The van der Waals surface area contributed by atoms with Gasteiger partial charge >= 0.3 is 0 Å². The van der Waals surface area contributed by atoms with Crippen LogP contribution in [0, 0.1) is 17.8 Å². The lowest BCUT2D eigenvalue weighted by molar-refractivity contribution is 0.119. The van der Waals surface area contributed by atoms with Crippen LogP contribution in [0.15, 0.2) is 0 Å². The zero-order valence-corrected chi connectivity index (χ0v) is 4.99. The average Bonchev–Trinajstić information content (AvgIpc) is 2.15. The van der Waals surface area contributed by atoms with Gasteiger partial charge < -0.3 is 0 Å². The normalized spacial score (nSPS) is 38.6. The largest absolute Gasteiger partial charge is 0.242 e. The smallest absolute Gasteiger partial charge is 0.210 e. The molecule has 1 aliphatic rings. The second-order valence-electron chi connectivity index (χ2n) is 2.39. The summed E-state index contributed by atoms with van der Waals surface area (Å²) in [5, 5.41) is 0. The van der Waals surface area contributed by atoms with Gasteiger partial charge in [-0.2, -0.15) is 0 Å². The predicted molar refractivity (Wildman–Crippen MR) is 27.6 cm³/mol. The van der Waals surface area contributed by atoms with Crippen molar-refractivity contribution in [2.45, 2.75) is 20.3 Å². The third-order valence-electron chi connectivity index (χ3n) is 1.95. The Morgan fingerprint density at radius 3 is 1.88 bits per heavy atom. The van der Waals surface area contributed by atoms with E-state index in [9.17, 15) is 8.78 Å². The fourth-order valence-electron chi connectivity index (χ4n) is 1.01. The van der Waals surface area contributed by atoms with Crippen LogP contribution in [-0.2, 0) is 0 Å². The van der Waals surface area contributed by atoms with Crippen LogP contribution < -0.4 is 0 Å². The molecule has 0 aromatic heterocycles. The summed E-state index contributed by atoms with van der Waals surface area (Å²) in [7, 11) is 0. The van der Waals surface area contributed by atoms with Crippen molar-refractivity contribution >= 4 is 0 Å². The molecule has 0 N–H and O–H groups in total. The highest BCUT2D eigenvalue weighted by molar-refractivity contribution is 5.17. The van der Waals surface area contributed by atoms with Crippen molar-refractivity contribution in [3.05, 3.63) is 5.92 Å². The first-order valence-corrected chi connectivity index (χ1v) is 2.76. The summed E-state index contributed by atoms with van der Waals surface area (Å²) in [6.45, 7) is 3.63. The molecule has 1 rings (SSSR count). The summed E-state index contributed by atoms with van der Waals surface area (Å²) >= 11 is 0. The molecular weight excluding hydrogens is 110 g/mol. The van der Waals surface area contributed by atoms with Crippen LogP contribution in [0.25, 0.3) is 0 Å². The van der Waals surface area contributed by atoms with Crippen molar-refractivity contribution in [3.63, 3.8) is 0 Å². The number of hydrogen-bond donors (Lipinski definition) is 0. The highest BCUT2D eigenvalue weighted by atomic mass is 19.3. The zero-order valence-electron chi connectivity index (χ0n) is 4.99. The fourth-order valence-corrected chi connectivity index (χ4v) is 1.01. The molecule has 0 heterocycles. The molecular formula is C6H9F2. The van der Waals surface area contributed by atoms with E-state index in [0.717, 1.165) is 5.92 Å². The lowest BCUT2D eigenvalue weighted by Gasteiger charge is -1.89. The van der Waals surface area contributed by atoms with Gasteiger partial charge in [-0.1, -0.05) is 13.8 Å². The van der Waals surface area contributed by atoms with Gasteiger partial charge in [-0.15, -0.1) is 0 Å². The van der Waals surface area contributed by atoms with E-state index in [-0.39, 0.29) is 11.8 Å². The van der Waals surface area contributed by atoms with Crippen molar-refractivity contribution in [1.29, 1.82) is 0 Å². The van der Waals surface area contributed by atoms with Crippen LogP contribution in [0.3, 0.4) is 0 Å². The van der Waals surface area contributed by atoms with E-state index in [4.69, 9.17) is 0 Å². The van der Waals surface area contributed by atoms with Gasteiger partial charge in [0.2, 0.25) is 6.43 Å². The quantitative estimate of drug-likeness (QED) is 0.496. The Balaban J connectivity index is 2.33. The number of alkyl halides is 2. The van der Waals surface area contributed by atoms with E-state index >= 15 is 0 Å². The molecule has 2 heteroatoms. The molecule has 0 spiro atoms. The number of hydrogen-bond acceptors (Lipinski definition) is 0. The monoisotopic (exact) mass is 119 g/mol. The maximum absolute atomic E-state index is 11.7. The molecule has 0 amide bonds. The van der Waals surface area contributed by atoms with Crippen molar-refractivity contribution in [2.75, 3.05) is 0 Å². The van der Waals surface area contributed by atoms with Gasteiger partial charge in [-0.05, 0) is 11.8 Å². The van der Waals surface area contributed by atoms with Gasteiger partial charge in [0.15, 0.2) is 0 Å². The van der Waals surface area contributed by atoms with Gasteiger partial charge in [0, 0.05) is 5.92 Å². The van der Waals surface area contributed by atoms with E-state index in [2.05, 4.69) is 0 Å². The zero-order chi connectivity index (χ0) is 6.31. The van der Waals surface area contributed by atoms with Gasteiger partial charge in [-0.25, -0.2) is 8.78 Å². The summed E-state index contributed by atoms with van der Waals surface area (Å²) in [6.07, 6.45) is -2.12. The molecule has 1 aliphatic carbocycles. The van der Waals surface area contributed by atoms with Crippen molar-refractivity contribution < 1.29 is 8.78 Å². The number of rotatable bonds is 1. The molecule has 0 aromatic carbocycles. The Morgan fingerprint density at radius 2 is 1.88 bits per heavy atom. The fraction of sp³-hybridized carbons (Fsp3) is 0.833. The van der Waals surface area contributed by atoms with Crippen LogP contribution in [0.2, 0.25) is 0 Å². The van der Waals surface area contributed by atoms with Crippen molar-refractivity contribution in [1.82, 2.24) is 0 Å². The molecule has 47 valence electrons. The maximum Gasteiger partial charge on any atom is 0.242 e. The second-order valence-corrected chi connectivity index (χ2v) is 2.39. The SMILES string of the molecule is C[C]1C(C)C1C(F)F. The van der Waals surface area contributed by atoms with Gasteiger partial charge in [0.1, 0.15) is 0 Å². The third kappa shape index (κ3) is 0.721. The first kappa shape index (κ1) is 5.99. The second kappa shape index (κ2) is 1.67. The van der Waals surface area contributed by atoms with Crippen LogP contribution >= 0.6 is 0 Å². The van der Waals surface area contributed by atoms with Gasteiger partial charge in [0.05, 0.1) is 0 Å². The minimum atomic E-state index is -2.12. The topological polar surface area (TPSA) is 0 Å². The standard InChI is InChI=1S/C6H9F2/c1-3-4(2)5(3)6(7)8/h3,5-6H,1-2H3. The lowest BCUT2D eigenvalue weighted by atomic mass is 10.3. The summed E-state index contributed by atoms with van der Waals surface area (Å²) in [5.74, 6) is 0.755. The molecule has 0 aromatic rings. The highest BCUT2D eigenvalue weighted by Gasteiger charge is 2.49. The van der Waals surface area contributed by atoms with E-state index in [1.54, 1.807) is 6.92 Å². The molecule has 0 aliphatic heterocycles. The van der Waals surface area contributed by atoms with Gasteiger partial charge in [-0.3, -0.25) is 0 Å². The summed E-state index contributed by atoms with van der Waals surface area (Å²) in [4.78, 5) is 0. The van der Waals surface area contributed by atoms with Crippen molar-refractivity contribution in [2.24, 2.45) is 11.8 Å². The van der Waals surface area contributed by atoms with E-state index in [1.807, 2.05) is 6.92 Å². The predicted octanol–water partition coefficient (Wildman–Crippen LogP) is 2.11. The average molecular weight is 119 g/mol. The minimum absolute atomic E-state index is 0.176. The molecule has 8 heavy (non-hydrogen) atoms. The maximum atomic E-state index is 11.7. The lowest BCUT2D eigenvalue weighted by Crippen LogP contribution is -1.94. The van der Waals surface area contributed by atoms with E-state index in [0.29, 0.717) is 0 Å². The molecule has 1 saturated carbocycles. The Labute approximate surface area is 47.9 Å². The van der Waals surface area contributed by atoms with Crippen LogP contribution in [0.1, 0.15) is 13.8 Å². The summed E-state index contributed by atoms with van der Waals surface area (Å²) in [6, 6.07) is 0. The van der Waals surface area contributed by atoms with Crippen LogP contribution in [-0.4, -0.2) is 6.43 Å². The summed E-state index contributed by atoms with van der Waals surface area (Å²) in [5.41, 5.74) is 0. The van der Waals surface area contributed by atoms with Gasteiger partial charge in [0.25, 0.3) is 0 Å². The highest BCUT2D eigenvalue weighted by Crippen LogP contribution is 2.50. The Bertz CT molecular complexity index is 75.8. The van der Waals surface area contributed by atoms with Crippen LogP contribution in [0.4, 0.5) is 8.78 Å². The Hall–Kier alpha value is -0.140. The molecule has 1 radical (unpaired) electrons. The summed E-state index contributed by atoms with van der Waals surface area (Å²) < 4.78 is 23.4. The first-order valence-electron chi connectivity index (χ1n) is 2.76. The molecule has 2 atom stereocenters.